The Morgan fingerprint density at radius 2 is 1.19 bits per heavy atom. The van der Waals surface area contributed by atoms with Crippen LogP contribution < -0.4 is 0 Å². The molecule has 100 valence electrons. The molecular weight excluding hydrogens is 242 g/mol. The molecule has 0 aliphatic heterocycles. The van der Waals surface area contributed by atoms with E-state index in [1.165, 1.54) is 0 Å². The zero-order valence-corrected chi connectivity index (χ0v) is 9.67. The maximum absolute atomic E-state index is 8.74. The van der Waals surface area contributed by atoms with Gasteiger partial charge >= 0.3 is 10.4 Å². The lowest BCUT2D eigenvalue weighted by Crippen LogP contribution is -2.31. The normalized spacial score (nSPS) is 11.1. The standard InChI is InChI=1S/C7H17NO3.H2O4S/c9-5-1-2-8(3-6-10)4-7-11;1-5(2,3)4/h9-11H,1-7H2;(H2,1,2,3,4). The molecule has 5 N–H and O–H groups in total. The monoisotopic (exact) mass is 261 g/mol. The summed E-state index contributed by atoms with van der Waals surface area (Å²) in [5.74, 6) is 0. The van der Waals surface area contributed by atoms with E-state index in [1.807, 2.05) is 4.90 Å². The predicted molar refractivity (Wildman–Crippen MR) is 56.5 cm³/mol. The molecule has 0 heterocycles. The van der Waals surface area contributed by atoms with Gasteiger partial charge in [0.15, 0.2) is 0 Å². The van der Waals surface area contributed by atoms with Crippen molar-refractivity contribution >= 4 is 10.4 Å². The van der Waals surface area contributed by atoms with Gasteiger partial charge in [0.05, 0.1) is 13.2 Å². The molecule has 0 aliphatic rings. The highest BCUT2D eigenvalue weighted by molar-refractivity contribution is 7.79. The summed E-state index contributed by atoms with van der Waals surface area (Å²) >= 11 is 0. The lowest BCUT2D eigenvalue weighted by molar-refractivity contribution is 0.150. The maximum atomic E-state index is 8.74. The van der Waals surface area contributed by atoms with Crippen LogP contribution in [0.1, 0.15) is 6.42 Å². The van der Waals surface area contributed by atoms with Crippen molar-refractivity contribution in [2.75, 3.05) is 39.5 Å². The van der Waals surface area contributed by atoms with E-state index in [-0.39, 0.29) is 19.8 Å². The van der Waals surface area contributed by atoms with E-state index in [0.717, 1.165) is 6.54 Å². The van der Waals surface area contributed by atoms with Gasteiger partial charge in [-0.05, 0) is 6.42 Å². The Labute approximate surface area is 94.7 Å². The third-order valence-corrected chi connectivity index (χ3v) is 1.46. The number of hydrogen-bond acceptors (Lipinski definition) is 6. The average Bonchev–Trinajstić information content (AvgIpc) is 2.12. The van der Waals surface area contributed by atoms with Gasteiger partial charge in [0, 0.05) is 26.2 Å². The third kappa shape index (κ3) is 23.5. The zero-order chi connectivity index (χ0) is 13.0. The van der Waals surface area contributed by atoms with Gasteiger partial charge in [-0.25, -0.2) is 0 Å². The smallest absolute Gasteiger partial charge is 0.394 e. The first-order valence-electron chi connectivity index (χ1n) is 4.60. The minimum absolute atomic E-state index is 0.103. The van der Waals surface area contributed by atoms with Gasteiger partial charge in [0.1, 0.15) is 0 Å². The molecular formula is C7H19NO7S. The first kappa shape index (κ1) is 18.1. The molecule has 0 spiro atoms. The average molecular weight is 261 g/mol. The molecule has 0 rings (SSSR count). The Bertz CT molecular complexity index is 217. The highest BCUT2D eigenvalue weighted by Crippen LogP contribution is 1.89. The third-order valence-electron chi connectivity index (χ3n) is 1.46. The van der Waals surface area contributed by atoms with Crippen LogP contribution in [0.15, 0.2) is 0 Å². The molecule has 0 aromatic carbocycles. The number of nitrogens with zero attached hydrogens (tertiary/aromatic N) is 1. The molecule has 0 fully saturated rings. The fourth-order valence-corrected chi connectivity index (χ4v) is 0.913. The zero-order valence-electron chi connectivity index (χ0n) is 8.86. The van der Waals surface area contributed by atoms with E-state index in [4.69, 9.17) is 32.8 Å². The molecule has 0 bridgehead atoms. The van der Waals surface area contributed by atoms with Crippen molar-refractivity contribution in [2.24, 2.45) is 0 Å². The molecule has 0 unspecified atom stereocenters. The summed E-state index contributed by atoms with van der Waals surface area (Å²) in [6.45, 7) is 2.24. The van der Waals surface area contributed by atoms with Gasteiger partial charge in [0.2, 0.25) is 0 Å². The topological polar surface area (TPSA) is 139 Å². The van der Waals surface area contributed by atoms with Crippen molar-refractivity contribution in [1.29, 1.82) is 0 Å². The van der Waals surface area contributed by atoms with Gasteiger partial charge in [-0.3, -0.25) is 14.0 Å². The van der Waals surface area contributed by atoms with Crippen molar-refractivity contribution in [1.82, 2.24) is 4.90 Å². The molecule has 0 aromatic rings. The lowest BCUT2D eigenvalue weighted by Gasteiger charge is -2.18. The summed E-state index contributed by atoms with van der Waals surface area (Å²) in [6.07, 6.45) is 0.694. The van der Waals surface area contributed by atoms with Gasteiger partial charge in [-0.15, -0.1) is 0 Å². The Kier molecular flexibility index (Phi) is 12.7. The summed E-state index contributed by atoms with van der Waals surface area (Å²) in [5, 5.41) is 25.7. The second kappa shape index (κ2) is 11.2. The van der Waals surface area contributed by atoms with Crippen LogP contribution in [0, 0.1) is 0 Å². The second-order valence-electron chi connectivity index (χ2n) is 2.81. The predicted octanol–water partition coefficient (Wildman–Crippen LogP) is -2.00. The van der Waals surface area contributed by atoms with E-state index in [2.05, 4.69) is 0 Å². The Balaban J connectivity index is 0. The first-order valence-corrected chi connectivity index (χ1v) is 5.99. The van der Waals surface area contributed by atoms with Crippen molar-refractivity contribution in [3.63, 3.8) is 0 Å². The summed E-state index contributed by atoms with van der Waals surface area (Å²) in [5.41, 5.74) is 0. The highest BCUT2D eigenvalue weighted by atomic mass is 32.3. The minimum Gasteiger partial charge on any atom is -0.396 e. The maximum Gasteiger partial charge on any atom is 0.394 e. The summed E-state index contributed by atoms with van der Waals surface area (Å²) in [4.78, 5) is 1.91. The summed E-state index contributed by atoms with van der Waals surface area (Å²) < 4.78 is 31.6. The largest absolute Gasteiger partial charge is 0.396 e. The number of aliphatic hydroxyl groups is 3. The molecule has 9 heteroatoms. The van der Waals surface area contributed by atoms with E-state index < -0.39 is 10.4 Å². The van der Waals surface area contributed by atoms with Crippen molar-refractivity contribution in [3.8, 4) is 0 Å². The van der Waals surface area contributed by atoms with Gasteiger partial charge in [-0.2, -0.15) is 8.42 Å². The van der Waals surface area contributed by atoms with Gasteiger partial charge in [-0.1, -0.05) is 0 Å². The summed E-state index contributed by atoms with van der Waals surface area (Å²) in [7, 11) is -4.67. The van der Waals surface area contributed by atoms with Crippen LogP contribution in [0.2, 0.25) is 0 Å². The molecule has 0 aliphatic carbocycles. The van der Waals surface area contributed by atoms with Crippen molar-refractivity contribution in [2.45, 2.75) is 6.42 Å². The van der Waals surface area contributed by atoms with Crippen LogP contribution in [0.25, 0.3) is 0 Å². The Morgan fingerprint density at radius 1 is 0.812 bits per heavy atom. The van der Waals surface area contributed by atoms with Crippen molar-refractivity contribution < 1.29 is 32.8 Å². The fraction of sp³-hybridized carbons (Fsp3) is 1.00. The second-order valence-corrected chi connectivity index (χ2v) is 3.71. The van der Waals surface area contributed by atoms with E-state index >= 15 is 0 Å². The van der Waals surface area contributed by atoms with Gasteiger partial charge < -0.3 is 15.3 Å². The van der Waals surface area contributed by atoms with Crippen molar-refractivity contribution in [3.05, 3.63) is 0 Å². The first-order chi connectivity index (χ1) is 7.35. The van der Waals surface area contributed by atoms with Crippen LogP contribution in [-0.4, -0.2) is 77.2 Å². The summed E-state index contributed by atoms with van der Waals surface area (Å²) in [6, 6.07) is 0. The number of hydrogen-bond donors (Lipinski definition) is 5. The van der Waals surface area contributed by atoms with Crippen LogP contribution in [0.5, 0.6) is 0 Å². The quantitative estimate of drug-likeness (QED) is 0.332. The Hall–Kier alpha value is -0.290. The molecule has 0 atom stereocenters. The minimum atomic E-state index is -4.67. The molecule has 0 amide bonds. The number of aliphatic hydroxyl groups excluding tert-OH is 3. The van der Waals surface area contributed by atoms with E-state index in [0.29, 0.717) is 19.5 Å². The molecule has 0 radical (unpaired) electrons. The molecule has 0 aromatic heterocycles. The Morgan fingerprint density at radius 3 is 1.44 bits per heavy atom. The van der Waals surface area contributed by atoms with Gasteiger partial charge in [0.25, 0.3) is 0 Å². The molecule has 0 saturated carbocycles. The van der Waals surface area contributed by atoms with Crippen LogP contribution in [0.3, 0.4) is 0 Å². The van der Waals surface area contributed by atoms with Crippen LogP contribution in [0.4, 0.5) is 0 Å². The van der Waals surface area contributed by atoms with Crippen LogP contribution >= 0.6 is 0 Å². The van der Waals surface area contributed by atoms with E-state index in [9.17, 15) is 0 Å². The highest BCUT2D eigenvalue weighted by Gasteiger charge is 2.01. The SMILES string of the molecule is O=S(=O)(O)O.OCCCN(CCO)CCO. The fourth-order valence-electron chi connectivity index (χ4n) is 0.913. The molecule has 16 heavy (non-hydrogen) atoms. The lowest BCUT2D eigenvalue weighted by atomic mass is 10.4. The molecule has 8 nitrogen and oxygen atoms in total. The van der Waals surface area contributed by atoms with Crippen LogP contribution in [-0.2, 0) is 10.4 Å². The van der Waals surface area contributed by atoms with E-state index in [1.54, 1.807) is 0 Å². The molecule has 0 saturated heterocycles. The number of rotatable bonds is 7.